The maximum atomic E-state index is 6.16. The lowest BCUT2D eigenvalue weighted by molar-refractivity contribution is 1.04. The second-order valence-electron chi connectivity index (χ2n) is 8.46. The zero-order chi connectivity index (χ0) is 24.2. The highest BCUT2D eigenvalue weighted by Crippen LogP contribution is 2.28. The third-order valence-corrected chi connectivity index (χ3v) is 5.96. The number of aromatic nitrogens is 2. The van der Waals surface area contributed by atoms with Crippen LogP contribution in [0.1, 0.15) is 16.7 Å². The zero-order valence-corrected chi connectivity index (χ0v) is 20.4. The van der Waals surface area contributed by atoms with Crippen molar-refractivity contribution in [2.24, 2.45) is 4.99 Å². The predicted octanol–water partition coefficient (Wildman–Crippen LogP) is 8.00. The first kappa shape index (κ1) is 22.6. The Morgan fingerprint density at radius 2 is 1.40 bits per heavy atom. The zero-order valence-electron chi connectivity index (χ0n) is 19.6. The average molecular weight is 477 g/mol. The van der Waals surface area contributed by atoms with Gasteiger partial charge in [-0.2, -0.15) is 4.99 Å². The van der Waals surface area contributed by atoms with Crippen LogP contribution in [-0.4, -0.2) is 15.4 Å². The Morgan fingerprint density at radius 3 is 2.06 bits per heavy atom. The van der Waals surface area contributed by atoms with Gasteiger partial charge in [0.25, 0.3) is 0 Å². The monoisotopic (exact) mass is 476 g/mol. The van der Waals surface area contributed by atoms with E-state index in [-0.39, 0.29) is 0 Å². The Kier molecular flexibility index (Phi) is 6.47. The minimum Gasteiger partial charge on any atom is -0.340 e. The van der Waals surface area contributed by atoms with Crippen LogP contribution in [0.2, 0.25) is 5.02 Å². The van der Waals surface area contributed by atoms with Crippen LogP contribution in [0.25, 0.3) is 16.9 Å². The molecule has 4 nitrogen and oxygen atoms in total. The third-order valence-electron chi connectivity index (χ3n) is 5.71. The molecule has 0 aliphatic heterocycles. The Bertz CT molecular complexity index is 1450. The van der Waals surface area contributed by atoms with E-state index in [1.165, 1.54) is 11.1 Å². The van der Waals surface area contributed by atoms with E-state index in [0.717, 1.165) is 28.2 Å². The van der Waals surface area contributed by atoms with Crippen LogP contribution in [0.5, 0.6) is 0 Å². The number of amidine groups is 1. The molecule has 1 N–H and O–H groups in total. The quantitative estimate of drug-likeness (QED) is 0.206. The topological polar surface area (TPSA) is 42.2 Å². The average Bonchev–Trinajstić information content (AvgIpc) is 3.30. The van der Waals surface area contributed by atoms with Crippen molar-refractivity contribution >= 4 is 29.1 Å². The molecule has 1 aromatic heterocycles. The van der Waals surface area contributed by atoms with Gasteiger partial charge in [-0.1, -0.05) is 89.5 Å². The van der Waals surface area contributed by atoms with Gasteiger partial charge in [0.15, 0.2) is 0 Å². The summed E-state index contributed by atoms with van der Waals surface area (Å²) in [6.07, 6.45) is 2.02. The third kappa shape index (κ3) is 5.34. The molecule has 0 bridgehead atoms. The van der Waals surface area contributed by atoms with Crippen LogP contribution in [0, 0.1) is 13.8 Å². The Hall–Kier alpha value is -4.15. The molecule has 0 aliphatic carbocycles. The van der Waals surface area contributed by atoms with Gasteiger partial charge in [0.05, 0.1) is 5.69 Å². The maximum Gasteiger partial charge on any atom is 0.236 e. The molecule has 5 aromatic rings. The number of halogens is 1. The van der Waals surface area contributed by atoms with Crippen LogP contribution >= 0.6 is 11.6 Å². The van der Waals surface area contributed by atoms with Crippen LogP contribution in [0.15, 0.2) is 114 Å². The first-order valence-corrected chi connectivity index (χ1v) is 11.8. The first-order chi connectivity index (χ1) is 17.0. The highest BCUT2D eigenvalue weighted by atomic mass is 35.5. The highest BCUT2D eigenvalue weighted by molar-refractivity contribution is 6.30. The van der Waals surface area contributed by atoms with Gasteiger partial charge in [-0.15, -0.1) is 0 Å². The summed E-state index contributed by atoms with van der Waals surface area (Å²) in [6.45, 7) is 4.15. The van der Waals surface area contributed by atoms with E-state index in [1.54, 1.807) is 0 Å². The second-order valence-corrected chi connectivity index (χ2v) is 8.89. The van der Waals surface area contributed by atoms with E-state index < -0.39 is 0 Å². The van der Waals surface area contributed by atoms with Gasteiger partial charge in [-0.3, -0.25) is 4.57 Å². The number of aryl methyl sites for hydroxylation is 2. The lowest BCUT2D eigenvalue weighted by Crippen LogP contribution is -2.14. The standard InChI is InChI=1S/C30H25ClN4/c1-21-8-12-23(13-9-21)28-20-35(27-18-14-25(31)15-19-27)30(33-28)34-29(24-6-4-3-5-7-24)32-26-16-10-22(2)11-17-26/h3-20H,1-2H3,(H,32,33,34). The van der Waals surface area contributed by atoms with Crippen molar-refractivity contribution in [3.8, 4) is 16.9 Å². The molecule has 0 amide bonds. The van der Waals surface area contributed by atoms with Gasteiger partial charge >= 0.3 is 0 Å². The van der Waals surface area contributed by atoms with E-state index in [1.807, 2.05) is 65.4 Å². The van der Waals surface area contributed by atoms with Gasteiger partial charge < -0.3 is 5.32 Å². The highest BCUT2D eigenvalue weighted by Gasteiger charge is 2.14. The molecule has 0 saturated carbocycles. The molecular formula is C30H25ClN4. The Morgan fingerprint density at radius 1 is 0.771 bits per heavy atom. The molecule has 1 heterocycles. The fourth-order valence-electron chi connectivity index (χ4n) is 3.74. The van der Waals surface area contributed by atoms with Gasteiger partial charge in [-0.25, -0.2) is 4.98 Å². The largest absolute Gasteiger partial charge is 0.340 e. The molecule has 0 fully saturated rings. The van der Waals surface area contributed by atoms with E-state index >= 15 is 0 Å². The minimum absolute atomic E-state index is 0.571. The van der Waals surface area contributed by atoms with Crippen LogP contribution in [0.4, 0.5) is 11.6 Å². The summed E-state index contributed by atoms with van der Waals surface area (Å²) in [7, 11) is 0. The van der Waals surface area contributed by atoms with Crippen molar-refractivity contribution in [3.63, 3.8) is 0 Å². The summed E-state index contributed by atoms with van der Waals surface area (Å²) in [5, 5.41) is 4.17. The molecule has 5 heteroatoms. The fourth-order valence-corrected chi connectivity index (χ4v) is 3.86. The number of benzene rings is 4. The van der Waals surface area contributed by atoms with E-state index in [2.05, 4.69) is 67.7 Å². The number of hydrogen-bond donors (Lipinski definition) is 1. The fraction of sp³-hybridized carbons (Fsp3) is 0.0667. The Labute approximate surface area is 210 Å². The molecular weight excluding hydrogens is 452 g/mol. The van der Waals surface area contributed by atoms with Gasteiger partial charge in [0.2, 0.25) is 5.95 Å². The maximum absolute atomic E-state index is 6.16. The normalized spacial score (nSPS) is 11.5. The van der Waals surface area contributed by atoms with Crippen molar-refractivity contribution in [2.75, 3.05) is 5.32 Å². The molecule has 0 unspecified atom stereocenters. The predicted molar refractivity (Wildman–Crippen MR) is 146 cm³/mol. The summed E-state index contributed by atoms with van der Waals surface area (Å²) < 4.78 is 1.99. The lowest BCUT2D eigenvalue weighted by atomic mass is 10.1. The molecule has 172 valence electrons. The van der Waals surface area contributed by atoms with Gasteiger partial charge in [0, 0.05) is 33.7 Å². The lowest BCUT2D eigenvalue weighted by Gasteiger charge is -2.12. The molecule has 5 rings (SSSR count). The summed E-state index contributed by atoms with van der Waals surface area (Å²) >= 11 is 6.16. The van der Waals surface area contributed by atoms with Crippen molar-refractivity contribution in [1.29, 1.82) is 0 Å². The van der Waals surface area contributed by atoms with Crippen molar-refractivity contribution in [2.45, 2.75) is 13.8 Å². The van der Waals surface area contributed by atoms with Crippen molar-refractivity contribution in [1.82, 2.24) is 9.55 Å². The van der Waals surface area contributed by atoms with Crippen LogP contribution in [0.3, 0.4) is 0 Å². The van der Waals surface area contributed by atoms with Crippen molar-refractivity contribution < 1.29 is 0 Å². The SMILES string of the molecule is Cc1ccc(N/C(=N/c2nc(-c3ccc(C)cc3)cn2-c2ccc(Cl)cc2)c2ccccc2)cc1. The number of aliphatic imine (C=N–C) groups is 1. The summed E-state index contributed by atoms with van der Waals surface area (Å²) in [4.78, 5) is 9.97. The Balaban J connectivity index is 1.65. The molecule has 0 saturated heterocycles. The minimum atomic E-state index is 0.571. The number of rotatable bonds is 5. The molecule has 0 radical (unpaired) electrons. The molecule has 0 aliphatic rings. The second kappa shape index (κ2) is 10.00. The first-order valence-electron chi connectivity index (χ1n) is 11.5. The number of nitrogens with zero attached hydrogens (tertiary/aromatic N) is 3. The van der Waals surface area contributed by atoms with Crippen molar-refractivity contribution in [3.05, 3.63) is 131 Å². The molecule has 35 heavy (non-hydrogen) atoms. The van der Waals surface area contributed by atoms with Crippen LogP contribution in [-0.2, 0) is 0 Å². The van der Waals surface area contributed by atoms with E-state index in [4.69, 9.17) is 21.6 Å². The summed E-state index contributed by atoms with van der Waals surface area (Å²) in [5.74, 6) is 1.28. The summed E-state index contributed by atoms with van der Waals surface area (Å²) in [5.41, 5.74) is 7.15. The van der Waals surface area contributed by atoms with Crippen LogP contribution < -0.4 is 5.32 Å². The molecule has 0 spiro atoms. The molecule has 0 atom stereocenters. The number of imidazole rings is 1. The number of anilines is 1. The summed E-state index contributed by atoms with van der Waals surface area (Å²) in [6, 6.07) is 34.4. The van der Waals surface area contributed by atoms with E-state index in [9.17, 15) is 0 Å². The smallest absolute Gasteiger partial charge is 0.236 e. The number of nitrogens with one attached hydrogen (secondary N) is 1. The van der Waals surface area contributed by atoms with Gasteiger partial charge in [0.1, 0.15) is 5.84 Å². The number of hydrogen-bond acceptors (Lipinski definition) is 2. The van der Waals surface area contributed by atoms with Gasteiger partial charge in [-0.05, 0) is 50.2 Å². The molecule has 4 aromatic carbocycles. The van der Waals surface area contributed by atoms with E-state index in [0.29, 0.717) is 16.8 Å².